The van der Waals surface area contributed by atoms with Crippen molar-refractivity contribution in [2.75, 3.05) is 25.4 Å². The summed E-state index contributed by atoms with van der Waals surface area (Å²) < 4.78 is 61.2. The van der Waals surface area contributed by atoms with Crippen molar-refractivity contribution in [2.45, 2.75) is 31.5 Å². The molecule has 20 heavy (non-hydrogen) atoms. The van der Waals surface area contributed by atoms with Gasteiger partial charge >= 0.3 is 6.18 Å². The number of carbonyl (C=O) groups excluding carboxylic acids is 1. The molecule has 1 fully saturated rings. The fourth-order valence-electron chi connectivity index (χ4n) is 2.07. The smallest absolute Gasteiger partial charge is 0.369 e. The van der Waals surface area contributed by atoms with E-state index in [0.717, 1.165) is 4.31 Å². The Labute approximate surface area is 115 Å². The molecule has 118 valence electrons. The van der Waals surface area contributed by atoms with Gasteiger partial charge in [0.1, 0.15) is 0 Å². The van der Waals surface area contributed by atoms with Crippen molar-refractivity contribution in [3.8, 4) is 0 Å². The number of primary amides is 1. The van der Waals surface area contributed by atoms with Crippen LogP contribution in [0.1, 0.15) is 19.3 Å². The first-order chi connectivity index (χ1) is 9.12. The fourth-order valence-corrected chi connectivity index (χ4v) is 3.77. The number of alkyl halides is 3. The van der Waals surface area contributed by atoms with E-state index in [1.54, 1.807) is 0 Å². The summed E-state index contributed by atoms with van der Waals surface area (Å²) >= 11 is 0. The minimum Gasteiger partial charge on any atom is -0.369 e. The first-order valence-corrected chi connectivity index (χ1v) is 7.78. The van der Waals surface area contributed by atoms with Gasteiger partial charge in [-0.05, 0) is 19.4 Å². The van der Waals surface area contributed by atoms with Crippen LogP contribution in [0.3, 0.4) is 0 Å². The zero-order chi connectivity index (χ0) is 15.4. The highest BCUT2D eigenvalue weighted by atomic mass is 32.2. The van der Waals surface area contributed by atoms with Crippen LogP contribution in [0.2, 0.25) is 0 Å². The number of nitrogens with one attached hydrogen (secondary N) is 1. The molecular formula is C10H18F3N3O3S. The number of rotatable bonds is 7. The molecule has 1 saturated heterocycles. The summed E-state index contributed by atoms with van der Waals surface area (Å²) in [5.74, 6) is -1.47. The summed E-state index contributed by atoms with van der Waals surface area (Å²) in [4.78, 5) is 11.0. The minimum atomic E-state index is -4.39. The van der Waals surface area contributed by atoms with Gasteiger partial charge in [0.25, 0.3) is 0 Å². The Morgan fingerprint density at radius 1 is 1.40 bits per heavy atom. The Balaban J connectivity index is 2.69. The Hall–Kier alpha value is -0.870. The minimum absolute atomic E-state index is 0.367. The van der Waals surface area contributed by atoms with Crippen LogP contribution in [-0.4, -0.2) is 56.2 Å². The SMILES string of the molecule is NC(=O)CN(C1CCNC1)S(=O)(=O)CCCC(F)(F)F. The summed E-state index contributed by atoms with van der Waals surface area (Å²) in [6, 6.07) is -0.432. The maximum absolute atomic E-state index is 12.1. The lowest BCUT2D eigenvalue weighted by molar-refractivity contribution is -0.134. The van der Waals surface area contributed by atoms with Crippen molar-refractivity contribution < 1.29 is 26.4 Å². The average Bonchev–Trinajstić information content (AvgIpc) is 2.76. The number of carbonyl (C=O) groups is 1. The van der Waals surface area contributed by atoms with Gasteiger partial charge in [0.15, 0.2) is 0 Å². The van der Waals surface area contributed by atoms with E-state index >= 15 is 0 Å². The molecule has 0 radical (unpaired) electrons. The van der Waals surface area contributed by atoms with Crippen LogP contribution >= 0.6 is 0 Å². The average molecular weight is 317 g/mol. The molecule has 0 spiro atoms. The molecule has 0 bridgehead atoms. The Morgan fingerprint density at radius 2 is 2.05 bits per heavy atom. The lowest BCUT2D eigenvalue weighted by Crippen LogP contribution is -2.47. The van der Waals surface area contributed by atoms with E-state index in [9.17, 15) is 26.4 Å². The molecule has 0 aromatic carbocycles. The van der Waals surface area contributed by atoms with Crippen LogP contribution in [0, 0.1) is 0 Å². The second kappa shape index (κ2) is 6.72. The summed E-state index contributed by atoms with van der Waals surface area (Å²) in [7, 11) is -3.93. The lowest BCUT2D eigenvalue weighted by Gasteiger charge is -2.26. The van der Waals surface area contributed by atoms with Crippen molar-refractivity contribution >= 4 is 15.9 Å². The van der Waals surface area contributed by atoms with E-state index in [0.29, 0.717) is 19.5 Å². The molecule has 1 aliphatic rings. The summed E-state index contributed by atoms with van der Waals surface area (Å²) in [5, 5.41) is 2.94. The number of hydrogen-bond donors (Lipinski definition) is 2. The second-order valence-electron chi connectivity index (χ2n) is 4.69. The maximum Gasteiger partial charge on any atom is 0.389 e. The number of nitrogens with two attached hydrogens (primary N) is 1. The molecule has 0 aromatic heterocycles. The standard InChI is InChI=1S/C10H18F3N3O3S/c11-10(12,13)3-1-5-20(18,19)16(7-9(14)17)8-2-4-15-6-8/h8,15H,1-7H2,(H2,14,17). The van der Waals surface area contributed by atoms with Crippen molar-refractivity contribution in [1.82, 2.24) is 9.62 Å². The van der Waals surface area contributed by atoms with E-state index in [4.69, 9.17) is 5.73 Å². The largest absolute Gasteiger partial charge is 0.389 e. The second-order valence-corrected chi connectivity index (χ2v) is 6.73. The van der Waals surface area contributed by atoms with Gasteiger partial charge in [-0.25, -0.2) is 8.42 Å². The molecule has 3 N–H and O–H groups in total. The molecule has 1 atom stereocenters. The predicted molar refractivity (Wildman–Crippen MR) is 66.3 cm³/mol. The molecule has 1 heterocycles. The molecule has 1 amide bonds. The zero-order valence-corrected chi connectivity index (χ0v) is 11.6. The molecule has 1 unspecified atom stereocenters. The van der Waals surface area contributed by atoms with Crippen molar-refractivity contribution in [1.29, 1.82) is 0 Å². The number of halogens is 3. The fraction of sp³-hybridized carbons (Fsp3) is 0.900. The number of nitrogens with zero attached hydrogens (tertiary/aromatic N) is 1. The molecular weight excluding hydrogens is 299 g/mol. The van der Waals surface area contributed by atoms with Gasteiger partial charge in [0.05, 0.1) is 12.3 Å². The highest BCUT2D eigenvalue weighted by Gasteiger charge is 2.34. The van der Waals surface area contributed by atoms with Crippen LogP contribution < -0.4 is 11.1 Å². The zero-order valence-electron chi connectivity index (χ0n) is 10.8. The van der Waals surface area contributed by atoms with Crippen LogP contribution in [0.15, 0.2) is 0 Å². The molecule has 6 nitrogen and oxygen atoms in total. The first kappa shape index (κ1) is 17.2. The summed E-state index contributed by atoms with van der Waals surface area (Å²) in [6.45, 7) is 0.463. The Morgan fingerprint density at radius 3 is 2.50 bits per heavy atom. The van der Waals surface area contributed by atoms with Gasteiger partial charge in [-0.2, -0.15) is 17.5 Å². The van der Waals surface area contributed by atoms with Gasteiger partial charge in [-0.1, -0.05) is 0 Å². The van der Waals surface area contributed by atoms with E-state index in [1.165, 1.54) is 0 Å². The third-order valence-corrected chi connectivity index (χ3v) is 4.92. The summed E-state index contributed by atoms with van der Waals surface area (Å²) in [5.41, 5.74) is 5.01. The van der Waals surface area contributed by atoms with Crippen LogP contribution in [0.25, 0.3) is 0 Å². The van der Waals surface area contributed by atoms with Gasteiger partial charge < -0.3 is 11.1 Å². The lowest BCUT2D eigenvalue weighted by atomic mass is 10.2. The topological polar surface area (TPSA) is 92.5 Å². The Kier molecular flexibility index (Phi) is 5.78. The van der Waals surface area contributed by atoms with Crippen LogP contribution in [-0.2, 0) is 14.8 Å². The monoisotopic (exact) mass is 317 g/mol. The van der Waals surface area contributed by atoms with E-state index < -0.39 is 53.3 Å². The third kappa shape index (κ3) is 5.63. The first-order valence-electron chi connectivity index (χ1n) is 6.17. The normalized spacial score (nSPS) is 20.5. The van der Waals surface area contributed by atoms with E-state index in [-0.39, 0.29) is 0 Å². The molecule has 1 aliphatic heterocycles. The predicted octanol–water partition coefficient (Wildman–Crippen LogP) is -0.192. The highest BCUT2D eigenvalue weighted by molar-refractivity contribution is 7.89. The van der Waals surface area contributed by atoms with Crippen LogP contribution in [0.5, 0.6) is 0 Å². The van der Waals surface area contributed by atoms with Crippen LogP contribution in [0.4, 0.5) is 13.2 Å². The quantitative estimate of drug-likeness (QED) is 0.680. The Bertz CT molecular complexity index is 433. The van der Waals surface area contributed by atoms with Gasteiger partial charge in [0.2, 0.25) is 15.9 Å². The summed E-state index contributed by atoms with van der Waals surface area (Å²) in [6.07, 6.45) is -5.58. The van der Waals surface area contributed by atoms with Gasteiger partial charge in [-0.3, -0.25) is 4.79 Å². The van der Waals surface area contributed by atoms with Gasteiger partial charge in [-0.15, -0.1) is 0 Å². The number of sulfonamides is 1. The maximum atomic E-state index is 12.1. The van der Waals surface area contributed by atoms with Crippen molar-refractivity contribution in [3.05, 3.63) is 0 Å². The number of hydrogen-bond acceptors (Lipinski definition) is 4. The third-order valence-electron chi connectivity index (χ3n) is 2.97. The highest BCUT2D eigenvalue weighted by Crippen LogP contribution is 2.23. The molecule has 0 saturated carbocycles. The molecule has 0 aromatic rings. The van der Waals surface area contributed by atoms with Crippen molar-refractivity contribution in [2.24, 2.45) is 5.73 Å². The molecule has 1 rings (SSSR count). The number of amides is 1. The van der Waals surface area contributed by atoms with E-state index in [1.807, 2.05) is 0 Å². The van der Waals surface area contributed by atoms with Crippen molar-refractivity contribution in [3.63, 3.8) is 0 Å². The molecule has 10 heteroatoms. The van der Waals surface area contributed by atoms with Gasteiger partial charge in [0, 0.05) is 19.0 Å². The van der Waals surface area contributed by atoms with E-state index in [2.05, 4.69) is 5.32 Å². The molecule has 0 aliphatic carbocycles.